The first-order chi connectivity index (χ1) is 9.59. The Morgan fingerprint density at radius 1 is 0.900 bits per heavy atom. The van der Waals surface area contributed by atoms with Gasteiger partial charge >= 0.3 is 5.97 Å². The van der Waals surface area contributed by atoms with Gasteiger partial charge in [-0.15, -0.1) is 0 Å². The summed E-state index contributed by atoms with van der Waals surface area (Å²) in [7, 11) is 0. The number of benzene rings is 2. The van der Waals surface area contributed by atoms with E-state index in [9.17, 15) is 14.4 Å². The van der Waals surface area contributed by atoms with Crippen molar-refractivity contribution in [3.63, 3.8) is 0 Å². The number of hydrogen-bond acceptors (Lipinski definition) is 3. The highest BCUT2D eigenvalue weighted by Gasteiger charge is 2.36. The minimum absolute atomic E-state index is 0.0269. The van der Waals surface area contributed by atoms with Crippen LogP contribution in [0.3, 0.4) is 0 Å². The molecule has 98 valence electrons. The number of carbonyl (C=O) groups excluding carboxylic acids is 2. The van der Waals surface area contributed by atoms with Crippen LogP contribution in [0.4, 0.5) is 5.69 Å². The van der Waals surface area contributed by atoms with Crippen molar-refractivity contribution in [3.8, 4) is 0 Å². The summed E-state index contributed by atoms with van der Waals surface area (Å²) in [5.41, 5.74) is 0.951. The van der Waals surface area contributed by atoms with Gasteiger partial charge in [0, 0.05) is 0 Å². The number of nitrogens with zero attached hydrogens (tertiary/aromatic N) is 1. The molecule has 0 aromatic heterocycles. The number of rotatable bonds is 2. The molecule has 1 N–H and O–H groups in total. The number of carbonyl (C=O) groups is 3. The molecule has 3 rings (SSSR count). The van der Waals surface area contributed by atoms with E-state index in [1.165, 1.54) is 24.3 Å². The molecule has 2 aromatic rings. The van der Waals surface area contributed by atoms with E-state index in [4.69, 9.17) is 5.11 Å². The van der Waals surface area contributed by atoms with Crippen molar-refractivity contribution < 1.29 is 19.5 Å². The van der Waals surface area contributed by atoms with Gasteiger partial charge in [-0.2, -0.15) is 0 Å². The van der Waals surface area contributed by atoms with E-state index in [0.717, 1.165) is 4.90 Å². The molecular weight excluding hydrogens is 258 g/mol. The summed E-state index contributed by atoms with van der Waals surface area (Å²) in [6.07, 6.45) is 0. The molecule has 0 aliphatic carbocycles. The second-order valence-corrected chi connectivity index (χ2v) is 4.35. The predicted octanol–water partition coefficient (Wildman–Crippen LogP) is 2.19. The standard InChI is InChI=1S/C15H9NO4/c17-13-11-6-1-2-7-12(11)14(18)16(13)10-5-3-4-9(8-10)15(19)20/h1-8H,(H,19,20). The van der Waals surface area contributed by atoms with Crippen molar-refractivity contribution in [1.29, 1.82) is 0 Å². The molecule has 0 saturated carbocycles. The summed E-state index contributed by atoms with van der Waals surface area (Å²) < 4.78 is 0. The van der Waals surface area contributed by atoms with Crippen molar-refractivity contribution in [3.05, 3.63) is 65.2 Å². The molecule has 5 heteroatoms. The highest BCUT2D eigenvalue weighted by molar-refractivity contribution is 6.34. The zero-order valence-corrected chi connectivity index (χ0v) is 10.2. The largest absolute Gasteiger partial charge is 0.478 e. The Labute approximate surface area is 114 Å². The smallest absolute Gasteiger partial charge is 0.335 e. The third-order valence-electron chi connectivity index (χ3n) is 3.15. The van der Waals surface area contributed by atoms with Gasteiger partial charge in [0.1, 0.15) is 0 Å². The summed E-state index contributed by atoms with van der Waals surface area (Å²) in [6, 6.07) is 12.3. The number of anilines is 1. The maximum atomic E-state index is 12.2. The molecule has 0 bridgehead atoms. The van der Waals surface area contributed by atoms with E-state index in [2.05, 4.69) is 0 Å². The molecule has 0 fully saturated rings. The maximum Gasteiger partial charge on any atom is 0.335 e. The van der Waals surface area contributed by atoms with Crippen molar-refractivity contribution in [2.24, 2.45) is 0 Å². The Balaban J connectivity index is 2.09. The van der Waals surface area contributed by atoms with Crippen LogP contribution in [0.25, 0.3) is 0 Å². The van der Waals surface area contributed by atoms with Gasteiger partial charge in [0.25, 0.3) is 11.8 Å². The second-order valence-electron chi connectivity index (χ2n) is 4.35. The normalized spacial score (nSPS) is 13.5. The predicted molar refractivity (Wildman–Crippen MR) is 71.0 cm³/mol. The van der Waals surface area contributed by atoms with E-state index < -0.39 is 17.8 Å². The number of amides is 2. The molecule has 0 unspecified atom stereocenters. The average molecular weight is 267 g/mol. The molecule has 5 nitrogen and oxygen atoms in total. The van der Waals surface area contributed by atoms with Crippen LogP contribution in [-0.2, 0) is 0 Å². The Morgan fingerprint density at radius 3 is 2.05 bits per heavy atom. The van der Waals surface area contributed by atoms with Gasteiger partial charge in [-0.1, -0.05) is 18.2 Å². The van der Waals surface area contributed by atoms with E-state index in [0.29, 0.717) is 11.1 Å². The first kappa shape index (κ1) is 12.1. The molecule has 2 aromatic carbocycles. The van der Waals surface area contributed by atoms with Gasteiger partial charge in [-0.05, 0) is 30.3 Å². The van der Waals surface area contributed by atoms with E-state index in [-0.39, 0.29) is 11.3 Å². The van der Waals surface area contributed by atoms with Crippen LogP contribution >= 0.6 is 0 Å². The Hall–Kier alpha value is -2.95. The fourth-order valence-electron chi connectivity index (χ4n) is 2.20. The van der Waals surface area contributed by atoms with Gasteiger partial charge in [-0.3, -0.25) is 9.59 Å². The number of aromatic carboxylic acids is 1. The quantitative estimate of drug-likeness (QED) is 0.846. The van der Waals surface area contributed by atoms with Crippen molar-refractivity contribution in [1.82, 2.24) is 0 Å². The van der Waals surface area contributed by atoms with E-state index in [1.54, 1.807) is 24.3 Å². The highest BCUT2D eigenvalue weighted by Crippen LogP contribution is 2.28. The zero-order valence-electron chi connectivity index (χ0n) is 10.2. The summed E-state index contributed by atoms with van der Waals surface area (Å²) in [5, 5.41) is 8.97. The lowest BCUT2D eigenvalue weighted by molar-refractivity contribution is 0.0695. The lowest BCUT2D eigenvalue weighted by atomic mass is 10.1. The zero-order chi connectivity index (χ0) is 14.3. The monoisotopic (exact) mass is 267 g/mol. The fraction of sp³-hybridized carbons (Fsp3) is 0. The first-order valence-electron chi connectivity index (χ1n) is 5.91. The van der Waals surface area contributed by atoms with Crippen LogP contribution in [-0.4, -0.2) is 22.9 Å². The lowest BCUT2D eigenvalue weighted by Crippen LogP contribution is -2.29. The van der Waals surface area contributed by atoms with Gasteiger partial charge in [0.2, 0.25) is 0 Å². The summed E-state index contributed by atoms with van der Waals surface area (Å²) >= 11 is 0. The first-order valence-corrected chi connectivity index (χ1v) is 5.91. The summed E-state index contributed by atoms with van der Waals surface area (Å²) in [6.45, 7) is 0. The minimum Gasteiger partial charge on any atom is -0.478 e. The van der Waals surface area contributed by atoms with Crippen LogP contribution in [0.5, 0.6) is 0 Å². The molecule has 1 aliphatic heterocycles. The third-order valence-corrected chi connectivity index (χ3v) is 3.15. The second kappa shape index (κ2) is 4.31. The fourth-order valence-corrected chi connectivity index (χ4v) is 2.20. The maximum absolute atomic E-state index is 12.2. The van der Waals surface area contributed by atoms with E-state index >= 15 is 0 Å². The number of carboxylic acid groups (broad SMARTS) is 1. The molecular formula is C15H9NO4. The molecule has 0 atom stereocenters. The molecule has 2 amide bonds. The van der Waals surface area contributed by atoms with Crippen LogP contribution < -0.4 is 4.90 Å². The summed E-state index contributed by atoms with van der Waals surface area (Å²) in [4.78, 5) is 36.5. The SMILES string of the molecule is O=C(O)c1cccc(N2C(=O)c3ccccc3C2=O)c1. The average Bonchev–Trinajstić information content (AvgIpc) is 2.72. The van der Waals surface area contributed by atoms with Crippen LogP contribution in [0.15, 0.2) is 48.5 Å². The van der Waals surface area contributed by atoms with E-state index in [1.807, 2.05) is 0 Å². The topological polar surface area (TPSA) is 74.7 Å². The number of fused-ring (bicyclic) bond motifs is 1. The van der Waals surface area contributed by atoms with Crippen molar-refractivity contribution in [2.75, 3.05) is 4.90 Å². The van der Waals surface area contributed by atoms with Gasteiger partial charge in [0.15, 0.2) is 0 Å². The Bertz CT molecular complexity index is 716. The number of imide groups is 1. The number of carboxylic acids is 1. The van der Waals surface area contributed by atoms with Gasteiger partial charge in [0.05, 0.1) is 22.4 Å². The Morgan fingerprint density at radius 2 is 1.50 bits per heavy atom. The lowest BCUT2D eigenvalue weighted by Gasteiger charge is -2.14. The van der Waals surface area contributed by atoms with Crippen LogP contribution in [0.2, 0.25) is 0 Å². The van der Waals surface area contributed by atoms with Crippen molar-refractivity contribution in [2.45, 2.75) is 0 Å². The van der Waals surface area contributed by atoms with Crippen LogP contribution in [0, 0.1) is 0 Å². The highest BCUT2D eigenvalue weighted by atomic mass is 16.4. The van der Waals surface area contributed by atoms with Crippen molar-refractivity contribution >= 4 is 23.5 Å². The third kappa shape index (κ3) is 1.68. The molecule has 0 saturated heterocycles. The van der Waals surface area contributed by atoms with Gasteiger partial charge in [-0.25, -0.2) is 9.69 Å². The molecule has 0 radical (unpaired) electrons. The minimum atomic E-state index is -1.11. The molecule has 1 aliphatic rings. The van der Waals surface area contributed by atoms with Gasteiger partial charge < -0.3 is 5.11 Å². The molecule has 1 heterocycles. The summed E-state index contributed by atoms with van der Waals surface area (Å²) in [5.74, 6) is -1.98. The van der Waals surface area contributed by atoms with Crippen LogP contribution in [0.1, 0.15) is 31.1 Å². The molecule has 20 heavy (non-hydrogen) atoms. The Kier molecular flexibility index (Phi) is 2.61. The number of hydrogen-bond donors (Lipinski definition) is 1. The molecule has 0 spiro atoms.